The van der Waals surface area contributed by atoms with Crippen molar-refractivity contribution in [3.05, 3.63) is 71.9 Å². The maximum Gasteiger partial charge on any atom is 0.320 e. The molecule has 0 radical (unpaired) electrons. The smallest absolute Gasteiger partial charge is 0.320 e. The highest BCUT2D eigenvalue weighted by atomic mass is 16.5. The largest absolute Gasteiger partial charge is 0.497 e. The number of benzene rings is 2. The lowest BCUT2D eigenvalue weighted by molar-refractivity contribution is -0.145. The summed E-state index contributed by atoms with van der Waals surface area (Å²) < 4.78 is 5.29. The molecule has 1 aliphatic rings. The van der Waals surface area contributed by atoms with Crippen molar-refractivity contribution < 1.29 is 14.6 Å². The van der Waals surface area contributed by atoms with Gasteiger partial charge < -0.3 is 9.84 Å². The van der Waals surface area contributed by atoms with Gasteiger partial charge in [0.05, 0.1) is 24.4 Å². The van der Waals surface area contributed by atoms with Gasteiger partial charge in [0.25, 0.3) is 0 Å². The quantitative estimate of drug-likeness (QED) is 0.720. The minimum atomic E-state index is -0.765. The van der Waals surface area contributed by atoms with E-state index in [-0.39, 0.29) is 6.04 Å². The number of aliphatic carboxylic acids is 1. The predicted molar refractivity (Wildman–Crippen MR) is 109 cm³/mol. The Hall–Kier alpha value is -2.92. The van der Waals surface area contributed by atoms with Crippen LogP contribution in [0, 0.1) is 0 Å². The van der Waals surface area contributed by atoms with Crippen LogP contribution in [0.4, 0.5) is 0 Å². The second kappa shape index (κ2) is 7.98. The number of carbonyl (C=O) groups is 1. The fraction of sp³-hybridized carbons (Fsp3) is 0.304. The summed E-state index contributed by atoms with van der Waals surface area (Å²) >= 11 is 0. The molecule has 0 spiro atoms. The van der Waals surface area contributed by atoms with Gasteiger partial charge in [-0.2, -0.15) is 0 Å². The molecule has 1 fully saturated rings. The summed E-state index contributed by atoms with van der Waals surface area (Å²) in [6.07, 6.45) is 2.59. The minimum absolute atomic E-state index is 0.211. The highest BCUT2D eigenvalue weighted by Gasteiger charge is 2.35. The van der Waals surface area contributed by atoms with Crippen molar-refractivity contribution >= 4 is 16.9 Å². The Balaban J connectivity index is 1.82. The van der Waals surface area contributed by atoms with E-state index in [4.69, 9.17) is 9.72 Å². The fourth-order valence-corrected chi connectivity index (χ4v) is 4.08. The Morgan fingerprint density at radius 3 is 2.64 bits per heavy atom. The molecule has 1 N–H and O–H groups in total. The van der Waals surface area contributed by atoms with E-state index in [0.717, 1.165) is 47.3 Å². The van der Waals surface area contributed by atoms with Crippen LogP contribution in [-0.4, -0.2) is 40.7 Å². The first kappa shape index (κ1) is 18.4. The highest BCUT2D eigenvalue weighted by molar-refractivity contribution is 5.78. The molecule has 0 bridgehead atoms. The van der Waals surface area contributed by atoms with Crippen molar-refractivity contribution in [2.75, 3.05) is 13.7 Å². The summed E-state index contributed by atoms with van der Waals surface area (Å²) in [7, 11) is 1.64. The number of fused-ring (bicyclic) bond motifs is 1. The lowest BCUT2D eigenvalue weighted by Crippen LogP contribution is -2.47. The second-order valence-electron chi connectivity index (χ2n) is 7.19. The number of pyridine rings is 1. The molecule has 5 nitrogen and oxygen atoms in total. The number of rotatable bonds is 5. The number of para-hydroxylation sites is 1. The molecule has 2 atom stereocenters. The first-order valence-electron chi connectivity index (χ1n) is 9.65. The summed E-state index contributed by atoms with van der Waals surface area (Å²) in [5, 5.41) is 10.9. The van der Waals surface area contributed by atoms with Gasteiger partial charge in [-0.15, -0.1) is 0 Å². The summed E-state index contributed by atoms with van der Waals surface area (Å²) in [5.41, 5.74) is 2.82. The maximum absolute atomic E-state index is 12.0. The summed E-state index contributed by atoms with van der Waals surface area (Å²) in [6, 6.07) is 19.2. The molecule has 3 aromatic rings. The molecule has 28 heavy (non-hydrogen) atoms. The SMILES string of the molecule is COc1ccc(C(c2ccc3ccccc3n2)N2CCCCC2C(=O)O)cc1. The van der Waals surface area contributed by atoms with Crippen LogP contribution in [0.5, 0.6) is 5.75 Å². The lowest BCUT2D eigenvalue weighted by atomic mass is 9.93. The lowest BCUT2D eigenvalue weighted by Gasteiger charge is -2.39. The number of carboxylic acids is 1. The number of ether oxygens (including phenoxy) is 1. The molecule has 1 saturated heterocycles. The van der Waals surface area contributed by atoms with E-state index in [0.29, 0.717) is 6.42 Å². The number of methoxy groups -OCH3 is 1. The second-order valence-corrected chi connectivity index (χ2v) is 7.19. The van der Waals surface area contributed by atoms with E-state index in [1.165, 1.54) is 0 Å². The van der Waals surface area contributed by atoms with Gasteiger partial charge in [0, 0.05) is 5.39 Å². The Morgan fingerprint density at radius 1 is 1.11 bits per heavy atom. The van der Waals surface area contributed by atoms with E-state index in [1.807, 2.05) is 54.6 Å². The number of nitrogens with zero attached hydrogens (tertiary/aromatic N) is 2. The first-order valence-corrected chi connectivity index (χ1v) is 9.65. The van der Waals surface area contributed by atoms with Crippen LogP contribution in [-0.2, 0) is 4.79 Å². The van der Waals surface area contributed by atoms with E-state index in [2.05, 4.69) is 11.0 Å². The molecule has 2 aromatic carbocycles. The molecule has 1 aliphatic heterocycles. The normalized spacial score (nSPS) is 18.7. The minimum Gasteiger partial charge on any atom is -0.497 e. The van der Waals surface area contributed by atoms with E-state index >= 15 is 0 Å². The van der Waals surface area contributed by atoms with Crippen molar-refractivity contribution in [2.45, 2.75) is 31.3 Å². The van der Waals surface area contributed by atoms with Gasteiger partial charge in [-0.1, -0.05) is 42.8 Å². The zero-order chi connectivity index (χ0) is 19.5. The third-order valence-corrected chi connectivity index (χ3v) is 5.49. The molecule has 0 aliphatic carbocycles. The summed E-state index contributed by atoms with van der Waals surface area (Å²) in [4.78, 5) is 18.9. The standard InChI is InChI=1S/C23H24N2O3/c1-28-18-12-9-17(10-13-18)22(25-15-5-4-8-21(25)23(26)27)20-14-11-16-6-2-3-7-19(16)24-20/h2-3,6-7,9-14,21-22H,4-5,8,15H2,1H3,(H,26,27). The molecule has 0 saturated carbocycles. The maximum atomic E-state index is 12.0. The predicted octanol–water partition coefficient (Wildman–Crippen LogP) is 4.27. The van der Waals surface area contributed by atoms with Gasteiger partial charge >= 0.3 is 5.97 Å². The van der Waals surface area contributed by atoms with Gasteiger partial charge in [-0.3, -0.25) is 14.7 Å². The molecule has 4 rings (SSSR count). The molecule has 2 heterocycles. The van der Waals surface area contributed by atoms with Crippen LogP contribution in [0.25, 0.3) is 10.9 Å². The number of hydrogen-bond acceptors (Lipinski definition) is 4. The van der Waals surface area contributed by atoms with Crippen LogP contribution in [0.3, 0.4) is 0 Å². The van der Waals surface area contributed by atoms with Gasteiger partial charge in [-0.25, -0.2) is 0 Å². The van der Waals surface area contributed by atoms with Gasteiger partial charge in [0.2, 0.25) is 0 Å². The Morgan fingerprint density at radius 2 is 1.89 bits per heavy atom. The molecule has 5 heteroatoms. The van der Waals surface area contributed by atoms with Crippen LogP contribution >= 0.6 is 0 Å². The summed E-state index contributed by atoms with van der Waals surface area (Å²) in [5.74, 6) is 0.0152. The zero-order valence-electron chi connectivity index (χ0n) is 15.9. The molecule has 2 unspecified atom stereocenters. The number of hydrogen-bond donors (Lipinski definition) is 1. The van der Waals surface area contributed by atoms with Gasteiger partial charge in [-0.05, 0) is 49.2 Å². The van der Waals surface area contributed by atoms with E-state index < -0.39 is 12.0 Å². The molecule has 144 valence electrons. The van der Waals surface area contributed by atoms with Crippen molar-refractivity contribution in [3.8, 4) is 5.75 Å². The third kappa shape index (κ3) is 3.58. The van der Waals surface area contributed by atoms with E-state index in [1.54, 1.807) is 7.11 Å². The average Bonchev–Trinajstić information content (AvgIpc) is 2.74. The van der Waals surface area contributed by atoms with E-state index in [9.17, 15) is 9.90 Å². The van der Waals surface area contributed by atoms with Crippen LogP contribution in [0.15, 0.2) is 60.7 Å². The van der Waals surface area contributed by atoms with Crippen molar-refractivity contribution in [3.63, 3.8) is 0 Å². The van der Waals surface area contributed by atoms with Gasteiger partial charge in [0.1, 0.15) is 11.8 Å². The molecular weight excluding hydrogens is 352 g/mol. The van der Waals surface area contributed by atoms with Crippen molar-refractivity contribution in [1.29, 1.82) is 0 Å². The number of likely N-dealkylation sites (tertiary alicyclic amines) is 1. The van der Waals surface area contributed by atoms with Crippen LogP contribution < -0.4 is 4.74 Å². The Bertz CT molecular complexity index is 971. The zero-order valence-corrected chi connectivity index (χ0v) is 15.9. The number of aromatic nitrogens is 1. The van der Waals surface area contributed by atoms with Crippen molar-refractivity contribution in [1.82, 2.24) is 9.88 Å². The molecule has 0 amide bonds. The molecular formula is C23H24N2O3. The first-order chi connectivity index (χ1) is 13.7. The molecule has 1 aromatic heterocycles. The average molecular weight is 376 g/mol. The highest BCUT2D eigenvalue weighted by Crippen LogP contribution is 2.34. The third-order valence-electron chi connectivity index (χ3n) is 5.49. The number of carboxylic acid groups (broad SMARTS) is 1. The van der Waals surface area contributed by atoms with Crippen LogP contribution in [0.1, 0.15) is 36.6 Å². The number of piperidine rings is 1. The Labute approximate surface area is 164 Å². The summed E-state index contributed by atoms with van der Waals surface area (Å²) in [6.45, 7) is 0.738. The topological polar surface area (TPSA) is 62.7 Å². The van der Waals surface area contributed by atoms with Crippen LogP contribution in [0.2, 0.25) is 0 Å². The Kier molecular flexibility index (Phi) is 5.26. The van der Waals surface area contributed by atoms with Crippen molar-refractivity contribution in [2.24, 2.45) is 0 Å². The monoisotopic (exact) mass is 376 g/mol. The fourth-order valence-electron chi connectivity index (χ4n) is 4.08. The van der Waals surface area contributed by atoms with Gasteiger partial charge in [0.15, 0.2) is 0 Å².